The van der Waals surface area contributed by atoms with Crippen molar-refractivity contribution in [1.82, 2.24) is 10.2 Å². The van der Waals surface area contributed by atoms with E-state index in [1.165, 1.54) is 0 Å². The smallest absolute Gasteiger partial charge is 0.245 e. The minimum Gasteiger partial charge on any atom is -0.318 e. The van der Waals surface area contributed by atoms with E-state index in [4.69, 9.17) is 5.73 Å². The third-order valence-electron chi connectivity index (χ3n) is 2.95. The predicted octanol–water partition coefficient (Wildman–Crippen LogP) is 3.78. The number of aromatic nitrogens is 2. The topological polar surface area (TPSA) is 83.8 Å². The van der Waals surface area contributed by atoms with Gasteiger partial charge in [0.1, 0.15) is 0 Å². The van der Waals surface area contributed by atoms with Crippen molar-refractivity contribution in [2.75, 3.05) is 5.32 Å². The molecule has 0 radical (unpaired) electrons. The van der Waals surface area contributed by atoms with E-state index in [2.05, 4.69) is 31.4 Å². The highest BCUT2D eigenvalue weighted by Gasteiger charge is 2.27. The molecule has 1 atom stereocenters. The Labute approximate surface area is 142 Å². The number of nitrogens with one attached hydrogen (secondary N) is 2. The second-order valence-corrected chi connectivity index (χ2v) is 7.36. The molecule has 4 N–H and O–H groups in total. The van der Waals surface area contributed by atoms with Gasteiger partial charge in [-0.3, -0.25) is 9.89 Å². The molecule has 0 aliphatic carbocycles. The molecule has 1 unspecified atom stereocenters. The Morgan fingerprint density at radius 1 is 1.57 bits per heavy atom. The van der Waals surface area contributed by atoms with Gasteiger partial charge >= 0.3 is 0 Å². The fourth-order valence-electron chi connectivity index (χ4n) is 1.86. The number of H-pyrrole nitrogens is 1. The summed E-state index contributed by atoms with van der Waals surface area (Å²) in [5, 5.41) is 9.75. The second-order valence-electron chi connectivity index (χ2n) is 4.89. The van der Waals surface area contributed by atoms with Crippen LogP contribution in [0.5, 0.6) is 0 Å². The highest BCUT2D eigenvalue weighted by molar-refractivity contribution is 9.11. The first-order chi connectivity index (χ1) is 9.42. The lowest BCUT2D eigenvalue weighted by Crippen LogP contribution is -2.48. The van der Waals surface area contributed by atoms with Crippen molar-refractivity contribution in [2.24, 2.45) is 5.73 Å². The van der Waals surface area contributed by atoms with Crippen LogP contribution in [0.1, 0.15) is 26.7 Å². The zero-order chi connectivity index (χ0) is 14.8. The maximum Gasteiger partial charge on any atom is 0.245 e. The molecule has 0 saturated carbocycles. The van der Waals surface area contributed by atoms with Crippen molar-refractivity contribution in [3.63, 3.8) is 0 Å². The van der Waals surface area contributed by atoms with Crippen LogP contribution in [-0.4, -0.2) is 21.6 Å². The van der Waals surface area contributed by atoms with Crippen molar-refractivity contribution < 1.29 is 4.79 Å². The van der Waals surface area contributed by atoms with E-state index in [0.717, 1.165) is 20.8 Å². The summed E-state index contributed by atoms with van der Waals surface area (Å²) in [6.07, 6.45) is 1.49. The average Bonchev–Trinajstić information content (AvgIpc) is 2.98. The first-order valence-electron chi connectivity index (χ1n) is 6.34. The van der Waals surface area contributed by atoms with Crippen LogP contribution in [0.15, 0.2) is 22.0 Å². The summed E-state index contributed by atoms with van der Waals surface area (Å²) in [7, 11) is 0. The number of hydrogen-bond acceptors (Lipinski definition) is 4. The number of carbonyl (C=O) groups is 1. The van der Waals surface area contributed by atoms with E-state index in [1.54, 1.807) is 24.3 Å². The van der Waals surface area contributed by atoms with E-state index in [1.807, 2.05) is 19.1 Å². The summed E-state index contributed by atoms with van der Waals surface area (Å²) >= 11 is 5.01. The normalized spacial score (nSPS) is 13.3. The average molecular weight is 394 g/mol. The first kappa shape index (κ1) is 18.2. The van der Waals surface area contributed by atoms with Crippen molar-refractivity contribution in [1.29, 1.82) is 0 Å². The lowest BCUT2D eigenvalue weighted by atomic mass is 9.97. The summed E-state index contributed by atoms with van der Waals surface area (Å²) in [4.78, 5) is 13.1. The fourth-order valence-corrected chi connectivity index (χ4v) is 3.22. The van der Waals surface area contributed by atoms with Gasteiger partial charge in [-0.05, 0) is 41.4 Å². The summed E-state index contributed by atoms with van der Waals surface area (Å²) < 4.78 is 1.05. The Hall–Kier alpha value is -0.890. The van der Waals surface area contributed by atoms with E-state index in [-0.39, 0.29) is 18.3 Å². The third-order valence-corrected chi connectivity index (χ3v) is 4.60. The maximum absolute atomic E-state index is 12.1. The Kier molecular flexibility index (Phi) is 6.40. The van der Waals surface area contributed by atoms with Gasteiger partial charge in [-0.1, -0.05) is 13.3 Å². The number of nitrogens with zero attached hydrogens (tertiary/aromatic N) is 1. The van der Waals surface area contributed by atoms with Crippen LogP contribution < -0.4 is 11.1 Å². The Balaban J connectivity index is 0.00000220. The Morgan fingerprint density at radius 2 is 2.29 bits per heavy atom. The van der Waals surface area contributed by atoms with Crippen LogP contribution in [0.3, 0.4) is 0 Å². The monoisotopic (exact) mass is 392 g/mol. The molecule has 5 nitrogen and oxygen atoms in total. The summed E-state index contributed by atoms with van der Waals surface area (Å²) in [6.45, 7) is 3.73. The van der Waals surface area contributed by atoms with E-state index >= 15 is 0 Å². The first-order valence-corrected chi connectivity index (χ1v) is 7.95. The number of rotatable bonds is 5. The SMILES string of the molecule is CCCC(C)(N)C(=O)Nc1cc(-c2ccc(Br)s2)[nH]n1.Cl. The molecule has 2 heterocycles. The van der Waals surface area contributed by atoms with E-state index in [9.17, 15) is 4.79 Å². The molecular formula is C13H18BrClN4OS. The molecule has 8 heteroatoms. The van der Waals surface area contributed by atoms with Crippen molar-refractivity contribution in [3.8, 4) is 10.6 Å². The minimum atomic E-state index is -0.875. The summed E-state index contributed by atoms with van der Waals surface area (Å²) in [5.74, 6) is 0.270. The minimum absolute atomic E-state index is 0. The largest absolute Gasteiger partial charge is 0.318 e. The molecule has 2 rings (SSSR count). The fraction of sp³-hybridized carbons (Fsp3) is 0.385. The highest BCUT2D eigenvalue weighted by atomic mass is 79.9. The van der Waals surface area contributed by atoms with E-state index < -0.39 is 5.54 Å². The van der Waals surface area contributed by atoms with Crippen LogP contribution in [0.25, 0.3) is 10.6 Å². The van der Waals surface area contributed by atoms with Gasteiger partial charge in [0.2, 0.25) is 5.91 Å². The number of halogens is 2. The molecule has 2 aromatic rings. The zero-order valence-corrected chi connectivity index (χ0v) is 15.0. The molecule has 21 heavy (non-hydrogen) atoms. The number of aromatic amines is 1. The highest BCUT2D eigenvalue weighted by Crippen LogP contribution is 2.31. The van der Waals surface area contributed by atoms with Gasteiger partial charge in [0.25, 0.3) is 0 Å². The van der Waals surface area contributed by atoms with Gasteiger partial charge in [-0.2, -0.15) is 5.10 Å². The van der Waals surface area contributed by atoms with Gasteiger partial charge in [-0.25, -0.2) is 0 Å². The molecular weight excluding hydrogens is 376 g/mol. The van der Waals surface area contributed by atoms with Crippen LogP contribution >= 0.6 is 39.7 Å². The molecule has 0 spiro atoms. The lowest BCUT2D eigenvalue weighted by molar-refractivity contribution is -0.120. The molecule has 0 aliphatic rings. The third kappa shape index (κ3) is 4.54. The zero-order valence-electron chi connectivity index (χ0n) is 11.8. The van der Waals surface area contributed by atoms with Gasteiger partial charge in [0.05, 0.1) is 19.9 Å². The number of hydrogen-bond donors (Lipinski definition) is 3. The number of nitrogens with two attached hydrogens (primary N) is 1. The lowest BCUT2D eigenvalue weighted by Gasteiger charge is -2.21. The van der Waals surface area contributed by atoms with Crippen LogP contribution in [0.2, 0.25) is 0 Å². The molecule has 0 aliphatic heterocycles. The van der Waals surface area contributed by atoms with Crippen molar-refractivity contribution in [3.05, 3.63) is 22.0 Å². The number of anilines is 1. The van der Waals surface area contributed by atoms with E-state index in [0.29, 0.717) is 12.2 Å². The Bertz CT molecular complexity index is 611. The number of amides is 1. The second kappa shape index (κ2) is 7.40. The maximum atomic E-state index is 12.1. The van der Waals surface area contributed by atoms with Crippen molar-refractivity contribution in [2.45, 2.75) is 32.2 Å². The summed E-state index contributed by atoms with van der Waals surface area (Å²) in [6, 6.07) is 5.76. The van der Waals surface area contributed by atoms with Gasteiger partial charge in [-0.15, -0.1) is 23.7 Å². The standard InChI is InChI=1S/C13H17BrN4OS.ClH/c1-3-6-13(2,15)12(19)16-11-7-8(17-18-11)9-4-5-10(14)20-9;/h4-5,7H,3,6,15H2,1-2H3,(H2,16,17,18,19);1H. The van der Waals surface area contributed by atoms with Gasteiger partial charge < -0.3 is 11.1 Å². The predicted molar refractivity (Wildman–Crippen MR) is 93.0 cm³/mol. The molecule has 116 valence electrons. The van der Waals surface area contributed by atoms with Crippen LogP contribution in [0, 0.1) is 0 Å². The molecule has 1 amide bonds. The molecule has 0 aromatic carbocycles. The molecule has 0 saturated heterocycles. The molecule has 0 fully saturated rings. The molecule has 0 bridgehead atoms. The number of carbonyl (C=O) groups excluding carboxylic acids is 1. The quantitative estimate of drug-likeness (QED) is 0.723. The van der Waals surface area contributed by atoms with Crippen molar-refractivity contribution >= 4 is 51.4 Å². The van der Waals surface area contributed by atoms with Crippen LogP contribution in [0.4, 0.5) is 5.82 Å². The Morgan fingerprint density at radius 3 is 2.86 bits per heavy atom. The van der Waals surface area contributed by atoms with Crippen LogP contribution in [-0.2, 0) is 4.79 Å². The van der Waals surface area contributed by atoms with Gasteiger partial charge in [0.15, 0.2) is 5.82 Å². The van der Waals surface area contributed by atoms with Gasteiger partial charge in [0, 0.05) is 6.07 Å². The number of thiophene rings is 1. The molecule has 2 aromatic heterocycles. The summed E-state index contributed by atoms with van der Waals surface area (Å²) in [5.41, 5.74) is 5.98.